The summed E-state index contributed by atoms with van der Waals surface area (Å²) in [6, 6.07) is 0. The van der Waals surface area contributed by atoms with E-state index in [1.807, 2.05) is 0 Å². The van der Waals surface area contributed by atoms with Crippen LogP contribution in [0.1, 0.15) is 11.9 Å². The van der Waals surface area contributed by atoms with Crippen LogP contribution in [-0.4, -0.2) is 20.2 Å². The van der Waals surface area contributed by atoms with Gasteiger partial charge in [0.25, 0.3) is 0 Å². The van der Waals surface area contributed by atoms with Gasteiger partial charge in [0, 0.05) is 6.42 Å². The molecule has 2 N–H and O–H groups in total. The van der Waals surface area contributed by atoms with E-state index < -0.39 is 4.93 Å². The first-order valence-electron chi connectivity index (χ1n) is 2.96. The molecule has 0 saturated carbocycles. The maximum absolute atomic E-state index is 9.26. The third-order valence-electron chi connectivity index (χ3n) is 0.969. The van der Waals surface area contributed by atoms with Crippen LogP contribution >= 0.6 is 36.2 Å². The third kappa shape index (κ3) is 3.33. The first-order valence-corrected chi connectivity index (χ1v) is 4.64. The highest BCUT2D eigenvalue weighted by Gasteiger charge is 2.16. The number of aliphatic hydroxyl groups is 1. The fraction of sp³-hybridized carbons (Fsp3) is 0.600. The normalized spacial score (nSPS) is 16.3. The second-order valence-corrected chi connectivity index (χ2v) is 5.11. The summed E-state index contributed by atoms with van der Waals surface area (Å²) in [5.41, 5.74) is 0. The van der Waals surface area contributed by atoms with E-state index in [-0.39, 0.29) is 0 Å². The van der Waals surface area contributed by atoms with Gasteiger partial charge in [-0.15, -0.1) is 12.6 Å². The lowest BCUT2D eigenvalue weighted by Crippen LogP contribution is -2.18. The van der Waals surface area contributed by atoms with Crippen LogP contribution in [0.5, 0.6) is 0 Å². The molecule has 1 aromatic heterocycles. The summed E-state index contributed by atoms with van der Waals surface area (Å²) in [4.78, 5) is -1.01. The number of nitrogens with zero attached hydrogens (tertiary/aromatic N) is 1. The van der Waals surface area contributed by atoms with Gasteiger partial charge in [-0.1, -0.05) is 11.3 Å². The van der Waals surface area contributed by atoms with Gasteiger partial charge < -0.3 is 5.11 Å². The highest BCUT2D eigenvalue weighted by atomic mass is 32.1. The predicted octanol–water partition coefficient (Wildman–Crippen LogP) is 1.38. The van der Waals surface area contributed by atoms with Crippen LogP contribution in [0.3, 0.4) is 0 Å². The molecule has 1 unspecified atom stereocenters. The molecule has 0 aliphatic heterocycles. The summed E-state index contributed by atoms with van der Waals surface area (Å²) < 4.78 is 0.623. The minimum atomic E-state index is -1.01. The van der Waals surface area contributed by atoms with Gasteiger partial charge in [0.2, 0.25) is 0 Å². The molecule has 62 valence electrons. The fourth-order valence-corrected chi connectivity index (χ4v) is 1.96. The second kappa shape index (κ2) is 3.22. The lowest BCUT2D eigenvalue weighted by molar-refractivity contribution is 0.160. The highest BCUT2D eigenvalue weighted by molar-refractivity contribution is 7.81. The van der Waals surface area contributed by atoms with Crippen molar-refractivity contribution in [3.8, 4) is 0 Å². The average molecular weight is 208 g/mol. The molecule has 1 atom stereocenters. The fourth-order valence-electron chi connectivity index (χ4n) is 0.623. The Morgan fingerprint density at radius 1 is 1.91 bits per heavy atom. The van der Waals surface area contributed by atoms with Crippen molar-refractivity contribution >= 4 is 36.2 Å². The van der Waals surface area contributed by atoms with Crippen LogP contribution in [0.4, 0.5) is 0 Å². The molecular weight excluding hydrogens is 200 g/mol. The van der Waals surface area contributed by atoms with Crippen LogP contribution in [0.15, 0.2) is 0 Å². The Morgan fingerprint density at radius 3 is 2.91 bits per heavy atom. The summed E-state index contributed by atoms with van der Waals surface area (Å²) >= 11 is 10.1. The maximum atomic E-state index is 9.26. The van der Waals surface area contributed by atoms with Gasteiger partial charge >= 0.3 is 0 Å². The number of rotatable bonds is 2. The van der Waals surface area contributed by atoms with Gasteiger partial charge in [-0.3, -0.25) is 5.10 Å². The molecule has 0 aliphatic rings. The highest BCUT2D eigenvalue weighted by Crippen LogP contribution is 2.17. The number of aromatic nitrogens is 2. The molecular formula is C5H8N2OS3. The number of aromatic amines is 1. The largest absolute Gasteiger partial charge is 0.380 e. The Labute approximate surface area is 78.9 Å². The molecule has 0 aliphatic carbocycles. The van der Waals surface area contributed by atoms with Crippen molar-refractivity contribution in [3.63, 3.8) is 0 Å². The first kappa shape index (κ1) is 9.18. The van der Waals surface area contributed by atoms with Crippen LogP contribution in [0, 0.1) is 3.95 Å². The van der Waals surface area contributed by atoms with Gasteiger partial charge in [-0.2, -0.15) is 5.10 Å². The quantitative estimate of drug-likeness (QED) is 0.391. The van der Waals surface area contributed by atoms with Crippen molar-refractivity contribution < 1.29 is 5.11 Å². The van der Waals surface area contributed by atoms with E-state index in [9.17, 15) is 5.11 Å². The van der Waals surface area contributed by atoms with E-state index >= 15 is 0 Å². The van der Waals surface area contributed by atoms with Gasteiger partial charge in [-0.05, 0) is 19.1 Å². The molecule has 0 saturated heterocycles. The summed E-state index contributed by atoms with van der Waals surface area (Å²) in [6.07, 6.45) is 0.411. The summed E-state index contributed by atoms with van der Waals surface area (Å²) in [5.74, 6) is 0. The topological polar surface area (TPSA) is 48.9 Å². The molecule has 11 heavy (non-hydrogen) atoms. The predicted molar refractivity (Wildman–Crippen MR) is 50.6 cm³/mol. The standard InChI is InChI=1S/C5H8N2OS3/c1-5(8,10)2-3-6-7-4(9)11-3/h8,10H,2H2,1H3,(H,7,9). The second-order valence-electron chi connectivity index (χ2n) is 2.40. The molecule has 0 spiro atoms. The molecule has 0 bridgehead atoms. The smallest absolute Gasteiger partial charge is 0.176 e. The lowest BCUT2D eigenvalue weighted by atomic mass is 10.3. The summed E-state index contributed by atoms with van der Waals surface area (Å²) in [7, 11) is 0. The zero-order chi connectivity index (χ0) is 8.48. The molecule has 0 fully saturated rings. The van der Waals surface area contributed by atoms with Crippen molar-refractivity contribution in [3.05, 3.63) is 8.96 Å². The zero-order valence-corrected chi connectivity index (χ0v) is 8.39. The van der Waals surface area contributed by atoms with Crippen LogP contribution in [0.2, 0.25) is 0 Å². The van der Waals surface area contributed by atoms with Gasteiger partial charge in [0.05, 0.1) is 0 Å². The molecule has 6 heteroatoms. The number of hydrogen-bond acceptors (Lipinski definition) is 5. The van der Waals surface area contributed by atoms with Crippen LogP contribution in [-0.2, 0) is 6.42 Å². The van der Waals surface area contributed by atoms with Gasteiger partial charge in [0.1, 0.15) is 9.94 Å². The maximum Gasteiger partial charge on any atom is 0.176 e. The number of hydrogen-bond donors (Lipinski definition) is 3. The molecule has 1 rings (SSSR count). The Bertz CT molecular complexity index is 284. The summed E-state index contributed by atoms with van der Waals surface area (Å²) in [6.45, 7) is 1.61. The van der Waals surface area contributed by atoms with E-state index in [2.05, 4.69) is 22.8 Å². The molecule has 3 nitrogen and oxygen atoms in total. The third-order valence-corrected chi connectivity index (χ3v) is 2.22. The van der Waals surface area contributed by atoms with E-state index in [0.29, 0.717) is 10.4 Å². The van der Waals surface area contributed by atoms with E-state index in [1.165, 1.54) is 11.3 Å². The molecule has 1 heterocycles. The Balaban J connectivity index is 2.73. The van der Waals surface area contributed by atoms with Crippen molar-refractivity contribution in [2.75, 3.05) is 0 Å². The number of H-pyrrole nitrogens is 1. The molecule has 0 amide bonds. The summed E-state index contributed by atoms with van der Waals surface area (Å²) in [5, 5.41) is 16.5. The molecule has 0 aromatic carbocycles. The van der Waals surface area contributed by atoms with Crippen molar-refractivity contribution in [1.82, 2.24) is 10.2 Å². The average Bonchev–Trinajstić information content (AvgIpc) is 2.10. The van der Waals surface area contributed by atoms with Crippen molar-refractivity contribution in [1.29, 1.82) is 0 Å². The minimum Gasteiger partial charge on any atom is -0.380 e. The number of thiol groups is 1. The lowest BCUT2D eigenvalue weighted by Gasteiger charge is -2.12. The Morgan fingerprint density at radius 2 is 2.55 bits per heavy atom. The van der Waals surface area contributed by atoms with Gasteiger partial charge in [0.15, 0.2) is 3.95 Å². The van der Waals surface area contributed by atoms with E-state index in [0.717, 1.165) is 5.01 Å². The minimum absolute atomic E-state index is 0.411. The van der Waals surface area contributed by atoms with Crippen molar-refractivity contribution in [2.24, 2.45) is 0 Å². The van der Waals surface area contributed by atoms with E-state index in [1.54, 1.807) is 6.92 Å². The Kier molecular flexibility index (Phi) is 2.69. The number of nitrogens with one attached hydrogen (secondary N) is 1. The molecule has 0 radical (unpaired) electrons. The van der Waals surface area contributed by atoms with Crippen LogP contribution in [0.25, 0.3) is 0 Å². The zero-order valence-electron chi connectivity index (χ0n) is 5.87. The first-order chi connectivity index (χ1) is 4.97. The Hall–Kier alpha value is 0.0900. The van der Waals surface area contributed by atoms with Crippen LogP contribution < -0.4 is 0 Å². The van der Waals surface area contributed by atoms with Gasteiger partial charge in [-0.25, -0.2) is 0 Å². The van der Waals surface area contributed by atoms with E-state index in [4.69, 9.17) is 12.2 Å². The SMILES string of the molecule is CC(O)(S)Cc1n[nH]c(=S)s1. The monoisotopic (exact) mass is 208 g/mol. The molecule has 1 aromatic rings. The van der Waals surface area contributed by atoms with Crippen molar-refractivity contribution in [2.45, 2.75) is 18.3 Å².